The molecule has 1 amide bonds. The highest BCUT2D eigenvalue weighted by Crippen LogP contribution is 2.34. The summed E-state index contributed by atoms with van der Waals surface area (Å²) in [5.74, 6) is -0.326. The molecule has 0 aliphatic heterocycles. The highest BCUT2D eigenvalue weighted by Gasteiger charge is 2.31. The van der Waals surface area contributed by atoms with Crippen LogP contribution >= 0.6 is 34.7 Å². The Morgan fingerprint density at radius 3 is 2.74 bits per heavy atom. The second-order valence-corrected chi connectivity index (χ2v) is 9.46. The van der Waals surface area contributed by atoms with Gasteiger partial charge in [0.25, 0.3) is 5.56 Å². The normalized spacial score (nSPS) is 12.0. The fraction of sp³-hybridized carbons (Fsp3) is 0.350. The molecule has 31 heavy (non-hydrogen) atoms. The summed E-state index contributed by atoms with van der Waals surface area (Å²) in [6.45, 7) is 4.54. The number of halogens is 4. The fourth-order valence-electron chi connectivity index (χ4n) is 2.73. The van der Waals surface area contributed by atoms with Crippen molar-refractivity contribution in [2.75, 3.05) is 11.1 Å². The molecule has 0 saturated carbocycles. The van der Waals surface area contributed by atoms with E-state index in [0.717, 1.165) is 36.4 Å². The van der Waals surface area contributed by atoms with Gasteiger partial charge in [0.05, 0.1) is 27.5 Å². The number of hydrogen-bond acceptors (Lipinski definition) is 5. The second kappa shape index (κ2) is 9.62. The quantitative estimate of drug-likeness (QED) is 0.331. The van der Waals surface area contributed by atoms with Gasteiger partial charge in [-0.15, -0.1) is 11.3 Å². The van der Waals surface area contributed by atoms with Gasteiger partial charge in [-0.25, -0.2) is 4.98 Å². The van der Waals surface area contributed by atoms with Crippen molar-refractivity contribution < 1.29 is 18.0 Å². The van der Waals surface area contributed by atoms with Gasteiger partial charge in [-0.2, -0.15) is 13.2 Å². The van der Waals surface area contributed by atoms with E-state index in [1.807, 2.05) is 13.8 Å². The Morgan fingerprint density at radius 1 is 1.32 bits per heavy atom. The van der Waals surface area contributed by atoms with E-state index in [-0.39, 0.29) is 22.0 Å². The lowest BCUT2D eigenvalue weighted by molar-refractivity contribution is -0.137. The van der Waals surface area contributed by atoms with Crippen molar-refractivity contribution in [1.82, 2.24) is 9.55 Å². The fourth-order valence-corrected chi connectivity index (χ4v) is 4.50. The van der Waals surface area contributed by atoms with Crippen molar-refractivity contribution in [3.05, 3.63) is 50.6 Å². The zero-order valence-electron chi connectivity index (χ0n) is 16.6. The van der Waals surface area contributed by atoms with Gasteiger partial charge < -0.3 is 5.32 Å². The maximum absolute atomic E-state index is 12.9. The Morgan fingerprint density at radius 2 is 2.06 bits per heavy atom. The molecular formula is C20H19ClF3N3O2S2. The van der Waals surface area contributed by atoms with E-state index in [1.165, 1.54) is 11.3 Å². The maximum atomic E-state index is 12.9. The molecule has 0 unspecified atom stereocenters. The molecule has 0 aliphatic carbocycles. The third-order valence-electron chi connectivity index (χ3n) is 4.36. The Labute approximate surface area is 189 Å². The van der Waals surface area contributed by atoms with Gasteiger partial charge in [0, 0.05) is 6.54 Å². The number of rotatable bonds is 7. The Hall–Kier alpha value is -2.04. The minimum atomic E-state index is -4.55. The summed E-state index contributed by atoms with van der Waals surface area (Å²) < 4.78 is 40.9. The number of aromatic nitrogens is 2. The van der Waals surface area contributed by atoms with Crippen molar-refractivity contribution >= 4 is 56.5 Å². The number of benzene rings is 1. The molecule has 2 aromatic heterocycles. The highest BCUT2D eigenvalue weighted by atomic mass is 35.5. The van der Waals surface area contributed by atoms with Crippen molar-refractivity contribution in [2.45, 2.75) is 38.1 Å². The number of carbonyl (C=O) groups is 1. The molecule has 0 spiro atoms. The van der Waals surface area contributed by atoms with E-state index in [4.69, 9.17) is 11.6 Å². The van der Waals surface area contributed by atoms with Crippen LogP contribution in [0.5, 0.6) is 0 Å². The van der Waals surface area contributed by atoms with Crippen molar-refractivity contribution in [1.29, 1.82) is 0 Å². The number of thioether (sulfide) groups is 1. The Bertz CT molecular complexity index is 1160. The van der Waals surface area contributed by atoms with Crippen molar-refractivity contribution in [3.63, 3.8) is 0 Å². The monoisotopic (exact) mass is 489 g/mol. The van der Waals surface area contributed by atoms with Crippen LogP contribution in [-0.2, 0) is 17.5 Å². The first-order chi connectivity index (χ1) is 14.6. The van der Waals surface area contributed by atoms with E-state index in [9.17, 15) is 22.8 Å². The van der Waals surface area contributed by atoms with E-state index >= 15 is 0 Å². The second-order valence-electron chi connectivity index (χ2n) is 7.20. The number of nitrogens with zero attached hydrogens (tertiary/aromatic N) is 2. The van der Waals surface area contributed by atoms with Gasteiger partial charge in [-0.3, -0.25) is 14.2 Å². The van der Waals surface area contributed by atoms with E-state index < -0.39 is 17.6 Å². The lowest BCUT2D eigenvalue weighted by atomic mass is 10.1. The summed E-state index contributed by atoms with van der Waals surface area (Å²) in [5.41, 5.74) is -0.642. The van der Waals surface area contributed by atoms with E-state index in [2.05, 4.69) is 10.3 Å². The molecule has 1 N–H and O–H groups in total. The predicted molar refractivity (Wildman–Crippen MR) is 119 cm³/mol. The Balaban J connectivity index is 1.78. The van der Waals surface area contributed by atoms with Gasteiger partial charge >= 0.3 is 6.18 Å². The number of alkyl halides is 3. The van der Waals surface area contributed by atoms with Crippen LogP contribution in [-0.4, -0.2) is 21.2 Å². The van der Waals surface area contributed by atoms with Gasteiger partial charge in [0.2, 0.25) is 5.91 Å². The van der Waals surface area contributed by atoms with Crippen molar-refractivity contribution in [3.8, 4) is 0 Å². The third kappa shape index (κ3) is 5.81. The minimum absolute atomic E-state index is 0.00184. The smallest absolute Gasteiger partial charge is 0.324 e. The molecule has 0 radical (unpaired) electrons. The third-order valence-corrected chi connectivity index (χ3v) is 6.56. The zero-order chi connectivity index (χ0) is 22.8. The molecule has 166 valence electrons. The first-order valence-electron chi connectivity index (χ1n) is 9.33. The number of carbonyl (C=O) groups excluding carboxylic acids is 1. The maximum Gasteiger partial charge on any atom is 0.416 e. The van der Waals surface area contributed by atoms with Crippen LogP contribution in [0.1, 0.15) is 25.8 Å². The molecule has 11 heteroatoms. The summed E-state index contributed by atoms with van der Waals surface area (Å²) in [4.78, 5) is 29.7. The lowest BCUT2D eigenvalue weighted by Crippen LogP contribution is -2.24. The average Bonchev–Trinajstić information content (AvgIpc) is 3.15. The first kappa shape index (κ1) is 23.6. The number of anilines is 1. The average molecular weight is 490 g/mol. The number of fused-ring (bicyclic) bond motifs is 1. The van der Waals surface area contributed by atoms with E-state index in [0.29, 0.717) is 27.8 Å². The van der Waals surface area contributed by atoms with Crippen LogP contribution in [0.15, 0.2) is 39.6 Å². The molecule has 0 bridgehead atoms. The predicted octanol–water partition coefficient (Wildman–Crippen LogP) is 5.91. The topological polar surface area (TPSA) is 64.0 Å². The lowest BCUT2D eigenvalue weighted by Gasteiger charge is -2.14. The zero-order valence-corrected chi connectivity index (χ0v) is 19.0. The highest BCUT2D eigenvalue weighted by molar-refractivity contribution is 7.99. The molecule has 0 saturated heterocycles. The molecule has 3 rings (SSSR count). The van der Waals surface area contributed by atoms with Crippen LogP contribution in [0.2, 0.25) is 5.02 Å². The molecule has 0 fully saturated rings. The molecule has 2 heterocycles. The Kier molecular flexibility index (Phi) is 7.33. The largest absolute Gasteiger partial charge is 0.416 e. The van der Waals surface area contributed by atoms with E-state index in [1.54, 1.807) is 16.0 Å². The number of amides is 1. The van der Waals surface area contributed by atoms with Crippen molar-refractivity contribution in [2.24, 2.45) is 5.92 Å². The van der Waals surface area contributed by atoms with Crippen LogP contribution in [0.3, 0.4) is 0 Å². The molecule has 0 aliphatic rings. The molecular weight excluding hydrogens is 471 g/mol. The first-order valence-corrected chi connectivity index (χ1v) is 11.6. The molecule has 1 aromatic carbocycles. The summed E-state index contributed by atoms with van der Waals surface area (Å²) >= 11 is 8.30. The summed E-state index contributed by atoms with van der Waals surface area (Å²) in [6.07, 6.45) is -3.79. The summed E-state index contributed by atoms with van der Waals surface area (Å²) in [6, 6.07) is 4.46. The SMILES string of the molecule is CC(C)CCn1c(SCC(=O)Nc2cc(C(F)(F)F)ccc2Cl)nc2ccsc2c1=O. The number of hydrogen-bond donors (Lipinski definition) is 1. The molecule has 5 nitrogen and oxygen atoms in total. The molecule has 0 atom stereocenters. The summed E-state index contributed by atoms with van der Waals surface area (Å²) in [7, 11) is 0. The standard InChI is InChI=1S/C20H19ClF3N3O2S2/c1-11(2)5-7-27-18(29)17-14(6-8-30-17)26-19(27)31-10-16(28)25-15-9-12(20(22,23)24)3-4-13(15)21/h3-4,6,8-9,11H,5,7,10H2,1-2H3,(H,25,28). The van der Waals surface area contributed by atoms with Gasteiger partial charge in [-0.05, 0) is 42.0 Å². The minimum Gasteiger partial charge on any atom is -0.324 e. The number of thiophene rings is 1. The van der Waals surface area contributed by atoms with Crippen LogP contribution in [0.4, 0.5) is 18.9 Å². The molecule has 3 aromatic rings. The van der Waals surface area contributed by atoms with Crippen LogP contribution in [0.25, 0.3) is 10.2 Å². The summed E-state index contributed by atoms with van der Waals surface area (Å²) in [5, 5.41) is 4.57. The van der Waals surface area contributed by atoms with Gasteiger partial charge in [-0.1, -0.05) is 37.2 Å². The van der Waals surface area contributed by atoms with Crippen LogP contribution < -0.4 is 10.9 Å². The number of nitrogens with one attached hydrogen (secondary N) is 1. The van der Waals surface area contributed by atoms with Crippen LogP contribution in [0, 0.1) is 5.92 Å². The van der Waals surface area contributed by atoms with Gasteiger partial charge in [0.15, 0.2) is 5.16 Å². The van der Waals surface area contributed by atoms with Gasteiger partial charge in [0.1, 0.15) is 4.70 Å².